The van der Waals surface area contributed by atoms with Gasteiger partial charge in [-0.2, -0.15) is 0 Å². The number of carbonyl (C=O) groups is 1. The zero-order chi connectivity index (χ0) is 13.0. The van der Waals surface area contributed by atoms with Crippen LogP contribution in [0.5, 0.6) is 0 Å². The van der Waals surface area contributed by atoms with Crippen LogP contribution in [0.3, 0.4) is 0 Å². The van der Waals surface area contributed by atoms with E-state index in [0.29, 0.717) is 12.0 Å². The highest BCUT2D eigenvalue weighted by Gasteiger charge is 2.16. The van der Waals surface area contributed by atoms with Crippen molar-refractivity contribution in [3.8, 4) is 0 Å². The minimum absolute atomic E-state index is 0.238. The molecular formula is C15H14FNO. The molecule has 0 radical (unpaired) electrons. The number of hydrogen-bond acceptors (Lipinski definition) is 2. The van der Waals surface area contributed by atoms with E-state index in [2.05, 4.69) is 0 Å². The predicted molar refractivity (Wildman–Crippen MR) is 68.9 cm³/mol. The zero-order valence-corrected chi connectivity index (χ0v) is 9.84. The number of halogens is 1. The Morgan fingerprint density at radius 2 is 1.83 bits per heavy atom. The van der Waals surface area contributed by atoms with E-state index in [4.69, 9.17) is 5.73 Å². The van der Waals surface area contributed by atoms with Crippen LogP contribution in [0.25, 0.3) is 0 Å². The SMILES string of the molecule is NC(Cc1ccccc1)C(=O)c1cccc(F)c1. The van der Waals surface area contributed by atoms with Crippen molar-refractivity contribution in [3.05, 3.63) is 71.5 Å². The Hall–Kier alpha value is -2.00. The summed E-state index contributed by atoms with van der Waals surface area (Å²) in [5.74, 6) is -0.661. The molecule has 1 atom stereocenters. The number of nitrogens with two attached hydrogens (primary N) is 1. The first-order valence-corrected chi connectivity index (χ1v) is 5.76. The van der Waals surface area contributed by atoms with E-state index in [-0.39, 0.29) is 5.78 Å². The van der Waals surface area contributed by atoms with E-state index >= 15 is 0 Å². The number of rotatable bonds is 4. The van der Waals surface area contributed by atoms with Gasteiger partial charge in [0.1, 0.15) is 5.82 Å². The van der Waals surface area contributed by atoms with E-state index in [9.17, 15) is 9.18 Å². The Morgan fingerprint density at radius 1 is 1.11 bits per heavy atom. The fourth-order valence-corrected chi connectivity index (χ4v) is 1.82. The summed E-state index contributed by atoms with van der Waals surface area (Å²) in [5.41, 5.74) is 7.17. The molecule has 0 heterocycles. The van der Waals surface area contributed by atoms with E-state index in [1.54, 1.807) is 6.07 Å². The fraction of sp³-hybridized carbons (Fsp3) is 0.133. The van der Waals surface area contributed by atoms with Crippen molar-refractivity contribution in [1.82, 2.24) is 0 Å². The molecular weight excluding hydrogens is 229 g/mol. The minimum atomic E-state index is -0.644. The van der Waals surface area contributed by atoms with Gasteiger partial charge < -0.3 is 5.73 Å². The largest absolute Gasteiger partial charge is 0.321 e. The van der Waals surface area contributed by atoms with Crippen LogP contribution in [0.2, 0.25) is 0 Å². The second-order valence-corrected chi connectivity index (χ2v) is 4.17. The van der Waals surface area contributed by atoms with Gasteiger partial charge in [-0.15, -0.1) is 0 Å². The third-order valence-electron chi connectivity index (χ3n) is 2.74. The summed E-state index contributed by atoms with van der Waals surface area (Å²) in [6.45, 7) is 0. The van der Waals surface area contributed by atoms with Gasteiger partial charge in [0, 0.05) is 5.56 Å². The van der Waals surface area contributed by atoms with Crippen molar-refractivity contribution >= 4 is 5.78 Å². The van der Waals surface area contributed by atoms with Crippen molar-refractivity contribution in [3.63, 3.8) is 0 Å². The van der Waals surface area contributed by atoms with Crippen molar-refractivity contribution in [2.45, 2.75) is 12.5 Å². The molecule has 1 unspecified atom stereocenters. The lowest BCUT2D eigenvalue weighted by Gasteiger charge is -2.10. The molecule has 0 amide bonds. The van der Waals surface area contributed by atoms with Crippen molar-refractivity contribution < 1.29 is 9.18 Å². The Labute approximate surface area is 105 Å². The quantitative estimate of drug-likeness (QED) is 0.839. The summed E-state index contributed by atoms with van der Waals surface area (Å²) < 4.78 is 13.0. The average molecular weight is 243 g/mol. The summed E-state index contributed by atoms with van der Waals surface area (Å²) in [6.07, 6.45) is 0.455. The first-order valence-electron chi connectivity index (χ1n) is 5.76. The number of carbonyl (C=O) groups excluding carboxylic acids is 1. The zero-order valence-electron chi connectivity index (χ0n) is 9.84. The van der Waals surface area contributed by atoms with Crippen molar-refractivity contribution in [2.75, 3.05) is 0 Å². The monoisotopic (exact) mass is 243 g/mol. The van der Waals surface area contributed by atoms with Gasteiger partial charge >= 0.3 is 0 Å². The molecule has 0 aliphatic carbocycles. The maximum Gasteiger partial charge on any atom is 0.179 e. The first-order chi connectivity index (χ1) is 8.66. The van der Waals surface area contributed by atoms with E-state index in [0.717, 1.165) is 5.56 Å². The molecule has 92 valence electrons. The summed E-state index contributed by atoms with van der Waals surface area (Å²) in [4.78, 5) is 12.0. The highest BCUT2D eigenvalue weighted by molar-refractivity contribution is 6.00. The molecule has 2 aromatic rings. The third-order valence-corrected chi connectivity index (χ3v) is 2.74. The lowest BCUT2D eigenvalue weighted by atomic mass is 9.98. The summed E-state index contributed by atoms with van der Waals surface area (Å²) in [7, 11) is 0. The number of hydrogen-bond donors (Lipinski definition) is 1. The van der Waals surface area contributed by atoms with Gasteiger partial charge in [0.2, 0.25) is 0 Å². The summed E-state index contributed by atoms with van der Waals surface area (Å²) in [6, 6.07) is 14.5. The van der Waals surface area contributed by atoms with Crippen LogP contribution in [0.15, 0.2) is 54.6 Å². The Kier molecular flexibility index (Phi) is 3.85. The standard InChI is InChI=1S/C15H14FNO/c16-13-8-4-7-12(10-13)15(18)14(17)9-11-5-2-1-3-6-11/h1-8,10,14H,9,17H2. The molecule has 0 saturated heterocycles. The number of ketones is 1. The molecule has 0 spiro atoms. The topological polar surface area (TPSA) is 43.1 Å². The second kappa shape index (κ2) is 5.56. The maximum absolute atomic E-state index is 13.0. The molecule has 2 aromatic carbocycles. The van der Waals surface area contributed by atoms with Crippen LogP contribution < -0.4 is 5.73 Å². The Balaban J connectivity index is 2.10. The number of benzene rings is 2. The van der Waals surface area contributed by atoms with Gasteiger partial charge in [-0.05, 0) is 24.1 Å². The average Bonchev–Trinajstić information content (AvgIpc) is 2.39. The normalized spacial score (nSPS) is 12.1. The molecule has 2 nitrogen and oxygen atoms in total. The summed E-state index contributed by atoms with van der Waals surface area (Å²) >= 11 is 0. The number of Topliss-reactive ketones (excluding diaryl/α,β-unsaturated/α-hetero) is 1. The molecule has 3 heteroatoms. The molecule has 0 saturated carbocycles. The van der Waals surface area contributed by atoms with Gasteiger partial charge in [0.25, 0.3) is 0 Å². The molecule has 2 rings (SSSR count). The van der Waals surface area contributed by atoms with E-state index < -0.39 is 11.9 Å². The van der Waals surface area contributed by atoms with Crippen molar-refractivity contribution in [1.29, 1.82) is 0 Å². The smallest absolute Gasteiger partial charge is 0.179 e. The third kappa shape index (κ3) is 3.02. The lowest BCUT2D eigenvalue weighted by Crippen LogP contribution is -2.32. The fourth-order valence-electron chi connectivity index (χ4n) is 1.82. The molecule has 0 fully saturated rings. The van der Waals surface area contributed by atoms with Gasteiger partial charge in [-0.1, -0.05) is 42.5 Å². The van der Waals surface area contributed by atoms with Crippen LogP contribution in [0, 0.1) is 5.82 Å². The van der Waals surface area contributed by atoms with Crippen LogP contribution in [-0.4, -0.2) is 11.8 Å². The molecule has 0 bridgehead atoms. The van der Waals surface area contributed by atoms with E-state index in [1.807, 2.05) is 30.3 Å². The van der Waals surface area contributed by atoms with E-state index in [1.165, 1.54) is 18.2 Å². The summed E-state index contributed by atoms with van der Waals surface area (Å²) in [5, 5.41) is 0. The molecule has 0 aliphatic heterocycles. The molecule has 0 aromatic heterocycles. The lowest BCUT2D eigenvalue weighted by molar-refractivity contribution is 0.0960. The van der Waals surface area contributed by atoms with Crippen LogP contribution in [0.4, 0.5) is 4.39 Å². The van der Waals surface area contributed by atoms with Crippen LogP contribution in [-0.2, 0) is 6.42 Å². The molecule has 0 aliphatic rings. The van der Waals surface area contributed by atoms with Gasteiger partial charge in [0.05, 0.1) is 6.04 Å². The van der Waals surface area contributed by atoms with Gasteiger partial charge in [-0.3, -0.25) is 4.79 Å². The highest BCUT2D eigenvalue weighted by atomic mass is 19.1. The maximum atomic E-state index is 13.0. The molecule has 2 N–H and O–H groups in total. The first kappa shape index (κ1) is 12.5. The Bertz CT molecular complexity index is 539. The Morgan fingerprint density at radius 3 is 2.50 bits per heavy atom. The second-order valence-electron chi connectivity index (χ2n) is 4.17. The van der Waals surface area contributed by atoms with Crippen LogP contribution in [0.1, 0.15) is 15.9 Å². The van der Waals surface area contributed by atoms with Crippen LogP contribution >= 0.6 is 0 Å². The highest BCUT2D eigenvalue weighted by Crippen LogP contribution is 2.09. The predicted octanol–water partition coefficient (Wildman–Crippen LogP) is 2.58. The van der Waals surface area contributed by atoms with Gasteiger partial charge in [0.15, 0.2) is 5.78 Å². The van der Waals surface area contributed by atoms with Crippen molar-refractivity contribution in [2.24, 2.45) is 5.73 Å². The van der Waals surface area contributed by atoms with Gasteiger partial charge in [-0.25, -0.2) is 4.39 Å². The molecule has 18 heavy (non-hydrogen) atoms. The minimum Gasteiger partial charge on any atom is -0.321 e.